The highest BCUT2D eigenvalue weighted by Gasteiger charge is 2.29. The molecule has 192 valence electrons. The van der Waals surface area contributed by atoms with Crippen LogP contribution in [-0.2, 0) is 19.1 Å². The highest BCUT2D eigenvalue weighted by Crippen LogP contribution is 2.42. The van der Waals surface area contributed by atoms with E-state index in [1.54, 1.807) is 0 Å². The summed E-state index contributed by atoms with van der Waals surface area (Å²) in [5, 5.41) is 0.841. The Morgan fingerprint density at radius 1 is 0.794 bits per heavy atom. The third-order valence-electron chi connectivity index (χ3n) is 5.89. The van der Waals surface area contributed by atoms with Crippen molar-refractivity contribution in [1.29, 1.82) is 0 Å². The summed E-state index contributed by atoms with van der Waals surface area (Å²) in [4.78, 5) is 22.5. The van der Waals surface area contributed by atoms with E-state index in [1.807, 2.05) is 47.0 Å². The Balaban J connectivity index is 1.22. The maximum Gasteiger partial charge on any atom is 0.330 e. The number of thioether (sulfide) groups is 6. The fourth-order valence-electron chi connectivity index (χ4n) is 4.20. The molecule has 0 aromatic heterocycles. The van der Waals surface area contributed by atoms with Gasteiger partial charge in [-0.05, 0) is 42.6 Å². The summed E-state index contributed by atoms with van der Waals surface area (Å²) in [7, 11) is 0. The molecule has 6 unspecified atom stereocenters. The van der Waals surface area contributed by atoms with Crippen molar-refractivity contribution in [2.45, 2.75) is 45.3 Å². The Morgan fingerprint density at radius 2 is 1.26 bits per heavy atom. The van der Waals surface area contributed by atoms with Crippen molar-refractivity contribution in [3.63, 3.8) is 0 Å². The van der Waals surface area contributed by atoms with Gasteiger partial charge < -0.3 is 9.47 Å². The van der Waals surface area contributed by atoms with Crippen molar-refractivity contribution in [3.8, 4) is 0 Å². The molecule has 3 aliphatic rings. The minimum Gasteiger partial charge on any atom is -0.461 e. The molecular weight excluding hydrogens is 545 g/mol. The second-order valence-electron chi connectivity index (χ2n) is 8.68. The minimum absolute atomic E-state index is 0.315. The Morgan fingerprint density at radius 3 is 1.71 bits per heavy atom. The van der Waals surface area contributed by atoms with Crippen LogP contribution in [0.2, 0.25) is 0 Å². The molecule has 1 aliphatic carbocycles. The van der Waals surface area contributed by atoms with Gasteiger partial charge in [0, 0.05) is 45.7 Å². The van der Waals surface area contributed by atoms with Gasteiger partial charge in [0.25, 0.3) is 0 Å². The largest absolute Gasteiger partial charge is 0.461 e. The van der Waals surface area contributed by atoms with Crippen LogP contribution in [0.3, 0.4) is 0 Å². The van der Waals surface area contributed by atoms with Gasteiger partial charge in [-0.2, -0.15) is 23.5 Å². The van der Waals surface area contributed by atoms with Crippen LogP contribution in [-0.4, -0.2) is 79.3 Å². The number of carbonyl (C=O) groups excluding carboxylic acids is 2. The lowest BCUT2D eigenvalue weighted by Crippen LogP contribution is -2.20. The Hall–Kier alpha value is 0.520. The van der Waals surface area contributed by atoms with E-state index in [0.717, 1.165) is 23.3 Å². The summed E-state index contributed by atoms with van der Waals surface area (Å²) in [6.45, 7) is 7.92. The molecule has 2 aliphatic heterocycles. The van der Waals surface area contributed by atoms with E-state index in [9.17, 15) is 9.59 Å². The number of hydrogen-bond donors (Lipinski definition) is 0. The van der Waals surface area contributed by atoms with E-state index in [1.165, 1.54) is 60.8 Å². The molecule has 10 heteroatoms. The molecule has 2 heterocycles. The standard InChI is InChI=1S/C24H36O4S6/c1-3-21(25)27-9-19-13-31-23(33-19)15-29-11-17-6-5-7-18(8-17)12-30-16-24-32-14-20(34-24)10-28-22(26)4-2/h3-4,17-20,23-24H,1-2,5-16H2. The van der Waals surface area contributed by atoms with Gasteiger partial charge >= 0.3 is 11.9 Å². The van der Waals surface area contributed by atoms with Gasteiger partial charge in [0.1, 0.15) is 13.2 Å². The topological polar surface area (TPSA) is 52.6 Å². The van der Waals surface area contributed by atoms with Gasteiger partial charge in [0.15, 0.2) is 0 Å². The number of ether oxygens (including phenoxy) is 2. The summed E-state index contributed by atoms with van der Waals surface area (Å²) in [6.07, 6.45) is 8.02. The molecule has 6 atom stereocenters. The highest BCUT2D eigenvalue weighted by atomic mass is 32.2. The normalized spacial score (nSPS) is 31.2. The second-order valence-corrected chi connectivity index (χ2v) is 16.9. The SMILES string of the molecule is C=CC(=O)OCC1CSC(CSCC2CCCC(CSCC3SCC(COC(=O)C=C)S3)C2)S1. The quantitative estimate of drug-likeness (QED) is 0.179. The molecule has 3 fully saturated rings. The fourth-order valence-corrected chi connectivity index (χ4v) is 14.0. The molecule has 1 saturated carbocycles. The first-order valence-electron chi connectivity index (χ1n) is 11.8. The van der Waals surface area contributed by atoms with Crippen molar-refractivity contribution in [2.24, 2.45) is 11.8 Å². The van der Waals surface area contributed by atoms with Gasteiger partial charge in [-0.1, -0.05) is 19.6 Å². The van der Waals surface area contributed by atoms with E-state index in [2.05, 4.69) is 36.7 Å². The predicted octanol–water partition coefficient (Wildman–Crippen LogP) is 6.07. The number of hydrogen-bond acceptors (Lipinski definition) is 10. The lowest BCUT2D eigenvalue weighted by molar-refractivity contribution is -0.138. The zero-order chi connectivity index (χ0) is 24.2. The molecule has 0 aromatic rings. The van der Waals surface area contributed by atoms with Gasteiger partial charge in [-0.15, -0.1) is 47.0 Å². The lowest BCUT2D eigenvalue weighted by Gasteiger charge is -2.29. The molecule has 0 spiro atoms. The van der Waals surface area contributed by atoms with Crippen LogP contribution in [0.25, 0.3) is 0 Å². The molecule has 0 bridgehead atoms. The van der Waals surface area contributed by atoms with E-state index in [-0.39, 0.29) is 11.9 Å². The Bertz CT molecular complexity index is 624. The van der Waals surface area contributed by atoms with E-state index in [0.29, 0.717) is 32.9 Å². The Labute approximate surface area is 230 Å². The Kier molecular flexibility index (Phi) is 14.0. The zero-order valence-electron chi connectivity index (χ0n) is 19.6. The molecule has 2 saturated heterocycles. The first-order valence-corrected chi connectivity index (χ1v) is 18.1. The third-order valence-corrected chi connectivity index (χ3v) is 15.8. The maximum absolute atomic E-state index is 11.2. The van der Waals surface area contributed by atoms with Crippen LogP contribution < -0.4 is 0 Å². The third kappa shape index (κ3) is 10.9. The van der Waals surface area contributed by atoms with Crippen LogP contribution in [0.1, 0.15) is 25.7 Å². The smallest absolute Gasteiger partial charge is 0.330 e. The fraction of sp³-hybridized carbons (Fsp3) is 0.750. The number of esters is 2. The zero-order valence-corrected chi connectivity index (χ0v) is 24.5. The minimum atomic E-state index is -0.315. The van der Waals surface area contributed by atoms with Gasteiger partial charge in [0.05, 0.1) is 9.16 Å². The molecule has 0 aromatic carbocycles. The molecule has 0 N–H and O–H groups in total. The maximum atomic E-state index is 11.2. The summed E-state index contributed by atoms with van der Waals surface area (Å²) < 4.78 is 11.7. The van der Waals surface area contributed by atoms with Crippen LogP contribution >= 0.6 is 70.6 Å². The first-order chi connectivity index (χ1) is 16.6. The molecule has 0 amide bonds. The van der Waals surface area contributed by atoms with Crippen LogP contribution in [0.4, 0.5) is 0 Å². The number of rotatable bonds is 14. The molecular formula is C24H36O4S6. The second kappa shape index (κ2) is 16.4. The first kappa shape index (κ1) is 29.1. The van der Waals surface area contributed by atoms with Crippen molar-refractivity contribution >= 4 is 82.5 Å². The molecule has 0 radical (unpaired) electrons. The number of carbonyl (C=O) groups is 2. The molecule has 3 rings (SSSR count). The average Bonchev–Trinajstić information content (AvgIpc) is 3.50. The summed E-state index contributed by atoms with van der Waals surface area (Å²) in [5.74, 6) is 8.20. The van der Waals surface area contributed by atoms with Gasteiger partial charge in [-0.3, -0.25) is 0 Å². The van der Waals surface area contributed by atoms with Crippen molar-refractivity contribution in [1.82, 2.24) is 0 Å². The van der Waals surface area contributed by atoms with E-state index in [4.69, 9.17) is 9.47 Å². The average molecular weight is 581 g/mol. The highest BCUT2D eigenvalue weighted by molar-refractivity contribution is 8.22. The molecule has 34 heavy (non-hydrogen) atoms. The monoisotopic (exact) mass is 580 g/mol. The predicted molar refractivity (Wildman–Crippen MR) is 158 cm³/mol. The van der Waals surface area contributed by atoms with E-state index < -0.39 is 0 Å². The van der Waals surface area contributed by atoms with Crippen molar-refractivity contribution in [2.75, 3.05) is 47.7 Å². The van der Waals surface area contributed by atoms with Crippen LogP contribution in [0.15, 0.2) is 25.3 Å². The van der Waals surface area contributed by atoms with Crippen LogP contribution in [0.5, 0.6) is 0 Å². The molecule has 4 nitrogen and oxygen atoms in total. The van der Waals surface area contributed by atoms with E-state index >= 15 is 0 Å². The van der Waals surface area contributed by atoms with Gasteiger partial charge in [-0.25, -0.2) is 9.59 Å². The lowest BCUT2D eigenvalue weighted by atomic mass is 9.83. The van der Waals surface area contributed by atoms with Crippen LogP contribution in [0, 0.1) is 11.8 Å². The van der Waals surface area contributed by atoms with Crippen molar-refractivity contribution < 1.29 is 19.1 Å². The summed E-state index contributed by atoms with van der Waals surface area (Å²) in [6, 6.07) is 0. The summed E-state index contributed by atoms with van der Waals surface area (Å²) in [5.41, 5.74) is 0. The summed E-state index contributed by atoms with van der Waals surface area (Å²) >= 11 is 12.2. The van der Waals surface area contributed by atoms with Crippen molar-refractivity contribution in [3.05, 3.63) is 25.3 Å². The van der Waals surface area contributed by atoms with Gasteiger partial charge in [0.2, 0.25) is 0 Å².